The molecule has 6 nitrogen and oxygen atoms in total. The number of aliphatic hydroxyl groups is 2. The lowest BCUT2D eigenvalue weighted by atomic mass is 10.0. The molecular formula is C67H129NO5. The van der Waals surface area contributed by atoms with Gasteiger partial charge in [0.15, 0.2) is 0 Å². The van der Waals surface area contributed by atoms with Gasteiger partial charge in [0.2, 0.25) is 5.91 Å². The van der Waals surface area contributed by atoms with Crippen molar-refractivity contribution < 1.29 is 24.5 Å². The highest BCUT2D eigenvalue weighted by Gasteiger charge is 2.18. The largest absolute Gasteiger partial charge is 0.466 e. The van der Waals surface area contributed by atoms with Gasteiger partial charge in [-0.25, -0.2) is 0 Å². The van der Waals surface area contributed by atoms with Crippen molar-refractivity contribution in [3.05, 3.63) is 24.3 Å². The summed E-state index contributed by atoms with van der Waals surface area (Å²) in [5.41, 5.74) is 0. The summed E-state index contributed by atoms with van der Waals surface area (Å²) in [4.78, 5) is 24.6. The Morgan fingerprint density at radius 1 is 0.370 bits per heavy atom. The van der Waals surface area contributed by atoms with E-state index in [9.17, 15) is 19.8 Å². The summed E-state index contributed by atoms with van der Waals surface area (Å²) in [6.45, 7) is 4.92. The average molecular weight is 1030 g/mol. The monoisotopic (exact) mass is 1030 g/mol. The summed E-state index contributed by atoms with van der Waals surface area (Å²) in [6, 6.07) is -0.641. The molecule has 1 amide bonds. The molecule has 0 spiro atoms. The van der Waals surface area contributed by atoms with Crippen LogP contribution in [0.15, 0.2) is 24.3 Å². The van der Waals surface area contributed by atoms with Crippen LogP contribution in [0.3, 0.4) is 0 Å². The summed E-state index contributed by atoms with van der Waals surface area (Å²) in [6.07, 6.45) is 78.0. The van der Waals surface area contributed by atoms with Crippen molar-refractivity contribution in [3.8, 4) is 0 Å². The molecule has 0 aromatic heterocycles. The lowest BCUT2D eigenvalue weighted by molar-refractivity contribution is -0.143. The summed E-state index contributed by atoms with van der Waals surface area (Å²) < 4.78 is 5.49. The third-order valence-electron chi connectivity index (χ3n) is 15.5. The lowest BCUT2D eigenvalue weighted by Crippen LogP contribution is -2.45. The summed E-state index contributed by atoms with van der Waals surface area (Å²) >= 11 is 0. The van der Waals surface area contributed by atoms with Gasteiger partial charge in [0, 0.05) is 12.8 Å². The number of carbonyl (C=O) groups is 2. The van der Waals surface area contributed by atoms with Crippen LogP contribution in [0.2, 0.25) is 0 Å². The molecule has 432 valence electrons. The van der Waals surface area contributed by atoms with E-state index in [0.29, 0.717) is 19.4 Å². The fourth-order valence-corrected chi connectivity index (χ4v) is 10.4. The first kappa shape index (κ1) is 71.3. The van der Waals surface area contributed by atoms with Crippen molar-refractivity contribution in [2.75, 3.05) is 13.2 Å². The Labute approximate surface area is 456 Å². The molecule has 3 N–H and O–H groups in total. The third-order valence-corrected chi connectivity index (χ3v) is 15.5. The highest BCUT2D eigenvalue weighted by atomic mass is 16.5. The molecule has 0 saturated carbocycles. The average Bonchev–Trinajstić information content (AvgIpc) is 3.39. The molecule has 0 aliphatic rings. The van der Waals surface area contributed by atoms with Gasteiger partial charge >= 0.3 is 5.97 Å². The van der Waals surface area contributed by atoms with Crippen LogP contribution in [-0.4, -0.2) is 47.4 Å². The first-order valence-electron chi connectivity index (χ1n) is 33.1. The predicted octanol–water partition coefficient (Wildman–Crippen LogP) is 21.0. The second-order valence-corrected chi connectivity index (χ2v) is 22.8. The van der Waals surface area contributed by atoms with Crippen LogP contribution in [0.25, 0.3) is 0 Å². The van der Waals surface area contributed by atoms with E-state index in [4.69, 9.17) is 4.74 Å². The van der Waals surface area contributed by atoms with E-state index in [1.165, 1.54) is 276 Å². The van der Waals surface area contributed by atoms with Crippen LogP contribution < -0.4 is 5.32 Å². The van der Waals surface area contributed by atoms with Gasteiger partial charge in [-0.15, -0.1) is 0 Å². The van der Waals surface area contributed by atoms with Crippen LogP contribution in [0.5, 0.6) is 0 Å². The molecular weight excluding hydrogens is 899 g/mol. The van der Waals surface area contributed by atoms with E-state index in [-0.39, 0.29) is 18.5 Å². The molecule has 0 bridgehead atoms. The molecule has 2 unspecified atom stereocenters. The number of esters is 1. The number of amides is 1. The number of hydrogen-bond acceptors (Lipinski definition) is 5. The second kappa shape index (κ2) is 62.9. The summed E-state index contributed by atoms with van der Waals surface area (Å²) in [5, 5.41) is 23.2. The molecule has 0 saturated heterocycles. The Bertz CT molecular complexity index is 1140. The minimum atomic E-state index is -0.856. The molecule has 0 fully saturated rings. The zero-order valence-corrected chi connectivity index (χ0v) is 49.4. The number of nitrogens with one attached hydrogen (secondary N) is 1. The zero-order valence-electron chi connectivity index (χ0n) is 49.4. The fourth-order valence-electron chi connectivity index (χ4n) is 10.4. The van der Waals surface area contributed by atoms with Crippen molar-refractivity contribution >= 4 is 11.9 Å². The second-order valence-electron chi connectivity index (χ2n) is 22.8. The molecule has 0 aliphatic heterocycles. The summed E-state index contributed by atoms with van der Waals surface area (Å²) in [5.74, 6) is -0.0799. The van der Waals surface area contributed by atoms with Gasteiger partial charge in [0.1, 0.15) is 0 Å². The molecule has 0 radical (unpaired) electrons. The Kier molecular flexibility index (Phi) is 61.4. The Morgan fingerprint density at radius 3 is 0.973 bits per heavy atom. The Morgan fingerprint density at radius 2 is 0.644 bits per heavy atom. The van der Waals surface area contributed by atoms with Crippen LogP contribution in [0.1, 0.15) is 367 Å². The van der Waals surface area contributed by atoms with E-state index in [0.717, 1.165) is 64.2 Å². The topological polar surface area (TPSA) is 95.9 Å². The Balaban J connectivity index is 3.47. The van der Waals surface area contributed by atoms with Gasteiger partial charge in [0.25, 0.3) is 0 Å². The molecule has 73 heavy (non-hydrogen) atoms. The number of carbonyl (C=O) groups excluding carboxylic acids is 2. The van der Waals surface area contributed by atoms with Crippen LogP contribution >= 0.6 is 0 Å². The fraction of sp³-hybridized carbons (Fsp3) is 0.910. The van der Waals surface area contributed by atoms with Gasteiger partial charge in [-0.2, -0.15) is 0 Å². The van der Waals surface area contributed by atoms with Gasteiger partial charge < -0.3 is 20.3 Å². The van der Waals surface area contributed by atoms with E-state index >= 15 is 0 Å². The van der Waals surface area contributed by atoms with Crippen LogP contribution in [0.4, 0.5) is 0 Å². The maximum atomic E-state index is 12.5. The minimum absolute atomic E-state index is 0.00137. The maximum Gasteiger partial charge on any atom is 0.305 e. The van der Waals surface area contributed by atoms with Gasteiger partial charge in [0.05, 0.1) is 25.4 Å². The molecule has 0 rings (SSSR count). The number of rotatable bonds is 62. The number of unbranched alkanes of at least 4 members (excludes halogenated alkanes) is 49. The molecule has 6 heteroatoms. The number of aliphatic hydroxyl groups excluding tert-OH is 2. The molecule has 0 aliphatic carbocycles. The first-order valence-corrected chi connectivity index (χ1v) is 33.1. The van der Waals surface area contributed by atoms with Gasteiger partial charge in [-0.1, -0.05) is 321 Å². The number of ether oxygens (including phenoxy) is 1. The molecule has 2 atom stereocenters. The number of hydrogen-bond donors (Lipinski definition) is 3. The SMILES string of the molecule is CCCCCCCCCCCCCCCCCCCCCC/C=C/C(O)C(CO)NC(=O)CCCCCCC/C=C\CCCCCCCCCOC(=O)CCCCCCCCCCCCCCCCCCCC. The van der Waals surface area contributed by atoms with Crippen molar-refractivity contribution in [1.29, 1.82) is 0 Å². The van der Waals surface area contributed by atoms with E-state index in [1.54, 1.807) is 6.08 Å². The quantitative estimate of drug-likeness (QED) is 0.0320. The standard InChI is InChI=1S/C67H129NO5/c1-3-5-7-9-11-13-15-17-19-21-23-24-25-26-27-31-35-39-43-47-51-55-59-65(70)64(63-69)68-66(71)60-56-52-48-44-40-36-32-29-30-34-38-42-46-50-54-58-62-73-67(72)61-57-53-49-45-41-37-33-28-22-20-18-16-14-12-10-8-6-4-2/h29,32,55,59,64-65,69-70H,3-28,30-31,33-54,56-58,60-63H2,1-2H3,(H,68,71)/b32-29-,59-55+. The van der Waals surface area contributed by atoms with Crippen molar-refractivity contribution in [2.24, 2.45) is 0 Å². The number of allylic oxidation sites excluding steroid dienone is 3. The first-order chi connectivity index (χ1) is 36.0. The van der Waals surface area contributed by atoms with E-state index < -0.39 is 12.1 Å². The van der Waals surface area contributed by atoms with Gasteiger partial charge in [-0.05, 0) is 57.8 Å². The maximum absolute atomic E-state index is 12.5. The smallest absolute Gasteiger partial charge is 0.305 e. The predicted molar refractivity (Wildman–Crippen MR) is 320 cm³/mol. The van der Waals surface area contributed by atoms with Crippen molar-refractivity contribution in [3.63, 3.8) is 0 Å². The van der Waals surface area contributed by atoms with Crippen LogP contribution in [-0.2, 0) is 14.3 Å². The van der Waals surface area contributed by atoms with Crippen molar-refractivity contribution in [2.45, 2.75) is 379 Å². The zero-order chi connectivity index (χ0) is 52.9. The van der Waals surface area contributed by atoms with Crippen LogP contribution in [0, 0.1) is 0 Å². The molecule has 0 aromatic rings. The normalized spacial score (nSPS) is 12.7. The highest BCUT2D eigenvalue weighted by Crippen LogP contribution is 2.18. The van der Waals surface area contributed by atoms with Crippen molar-refractivity contribution in [1.82, 2.24) is 5.32 Å². The van der Waals surface area contributed by atoms with E-state index in [1.807, 2.05) is 6.08 Å². The summed E-state index contributed by atoms with van der Waals surface area (Å²) in [7, 11) is 0. The highest BCUT2D eigenvalue weighted by molar-refractivity contribution is 5.76. The Hall–Kier alpha value is -1.66. The third kappa shape index (κ3) is 59.4. The lowest BCUT2D eigenvalue weighted by Gasteiger charge is -2.20. The molecule has 0 aromatic carbocycles. The molecule has 0 heterocycles. The minimum Gasteiger partial charge on any atom is -0.466 e. The van der Waals surface area contributed by atoms with Gasteiger partial charge in [-0.3, -0.25) is 9.59 Å². The van der Waals surface area contributed by atoms with E-state index in [2.05, 4.69) is 31.3 Å².